The fourth-order valence-electron chi connectivity index (χ4n) is 2.83. The summed E-state index contributed by atoms with van der Waals surface area (Å²) in [7, 11) is 1.77. The van der Waals surface area contributed by atoms with Crippen LogP contribution < -0.4 is 0 Å². The van der Waals surface area contributed by atoms with Gasteiger partial charge in [0, 0.05) is 24.1 Å². The predicted octanol–water partition coefficient (Wildman–Crippen LogP) is 2.33. The van der Waals surface area contributed by atoms with Crippen molar-refractivity contribution in [2.75, 3.05) is 13.6 Å². The number of hydrogen-bond donors (Lipinski definition) is 1. The predicted molar refractivity (Wildman–Crippen MR) is 76.3 cm³/mol. The Morgan fingerprint density at radius 2 is 2.20 bits per heavy atom. The van der Waals surface area contributed by atoms with Crippen molar-refractivity contribution in [3.05, 3.63) is 34.3 Å². The maximum atomic E-state index is 12.3. The van der Waals surface area contributed by atoms with E-state index in [4.69, 9.17) is 5.11 Å². The van der Waals surface area contributed by atoms with Crippen molar-refractivity contribution < 1.29 is 14.7 Å². The van der Waals surface area contributed by atoms with Gasteiger partial charge in [-0.3, -0.25) is 4.79 Å². The number of nitrogens with zero attached hydrogens (tertiary/aromatic N) is 2. The van der Waals surface area contributed by atoms with E-state index in [0.29, 0.717) is 13.0 Å². The average Bonchev–Trinajstić information content (AvgIpc) is 3.14. The minimum absolute atomic E-state index is 0.0185. The lowest BCUT2D eigenvalue weighted by Gasteiger charge is -2.18. The van der Waals surface area contributed by atoms with E-state index in [9.17, 15) is 9.59 Å². The molecule has 1 aliphatic heterocycles. The highest BCUT2D eigenvalue weighted by Gasteiger charge is 2.52. The normalized spacial score (nSPS) is 28.9. The summed E-state index contributed by atoms with van der Waals surface area (Å²) in [4.78, 5) is 26.6. The SMILES string of the molecule is CN1C(=O)N(C2CC2C(=O)O)CC1c1cccc(Br)c1. The average molecular weight is 339 g/mol. The van der Waals surface area contributed by atoms with Crippen LogP contribution in [0.15, 0.2) is 28.7 Å². The minimum atomic E-state index is -0.809. The molecule has 3 atom stereocenters. The second-order valence-corrected chi connectivity index (χ2v) is 6.28. The summed E-state index contributed by atoms with van der Waals surface area (Å²) in [5.41, 5.74) is 1.06. The molecule has 20 heavy (non-hydrogen) atoms. The first-order valence-electron chi connectivity index (χ1n) is 6.50. The summed E-state index contributed by atoms with van der Waals surface area (Å²) < 4.78 is 0.976. The van der Waals surface area contributed by atoms with Gasteiger partial charge < -0.3 is 14.9 Å². The minimum Gasteiger partial charge on any atom is -0.481 e. The smallest absolute Gasteiger partial charge is 0.320 e. The number of carboxylic acids is 1. The standard InChI is InChI=1S/C14H15BrN2O3/c1-16-12(8-3-2-4-9(15)5-8)7-17(14(16)20)11-6-10(11)13(18)19/h2-5,10-12H,6-7H2,1H3,(H,18,19). The Labute approximate surface area is 125 Å². The molecule has 3 rings (SSSR count). The van der Waals surface area contributed by atoms with Gasteiger partial charge >= 0.3 is 12.0 Å². The topological polar surface area (TPSA) is 60.9 Å². The van der Waals surface area contributed by atoms with Gasteiger partial charge in [0.2, 0.25) is 0 Å². The fourth-order valence-corrected chi connectivity index (χ4v) is 3.25. The zero-order valence-electron chi connectivity index (χ0n) is 11.0. The molecule has 1 saturated carbocycles. The number of aliphatic carboxylic acids is 1. The van der Waals surface area contributed by atoms with E-state index in [0.717, 1.165) is 10.0 Å². The van der Waals surface area contributed by atoms with Crippen molar-refractivity contribution in [3.8, 4) is 0 Å². The highest BCUT2D eigenvalue weighted by atomic mass is 79.9. The molecule has 1 aromatic carbocycles. The van der Waals surface area contributed by atoms with Gasteiger partial charge in [-0.25, -0.2) is 4.79 Å². The van der Waals surface area contributed by atoms with E-state index >= 15 is 0 Å². The van der Waals surface area contributed by atoms with Crippen molar-refractivity contribution >= 4 is 27.9 Å². The van der Waals surface area contributed by atoms with E-state index in [2.05, 4.69) is 15.9 Å². The summed E-state index contributed by atoms with van der Waals surface area (Å²) in [6, 6.07) is 7.64. The van der Waals surface area contributed by atoms with Crippen LogP contribution in [-0.4, -0.2) is 46.5 Å². The van der Waals surface area contributed by atoms with E-state index in [1.807, 2.05) is 24.3 Å². The Kier molecular flexibility index (Phi) is 3.20. The molecule has 1 N–H and O–H groups in total. The van der Waals surface area contributed by atoms with Crippen LogP contribution in [0.1, 0.15) is 18.0 Å². The number of urea groups is 1. The molecule has 0 radical (unpaired) electrons. The Bertz CT molecular complexity index is 577. The Balaban J connectivity index is 1.79. The molecule has 106 valence electrons. The molecule has 1 aliphatic carbocycles. The Hall–Kier alpha value is -1.56. The summed E-state index contributed by atoms with van der Waals surface area (Å²) in [5.74, 6) is -1.20. The van der Waals surface area contributed by atoms with Gasteiger partial charge in [0.05, 0.1) is 12.0 Å². The fraction of sp³-hybridized carbons (Fsp3) is 0.429. The van der Waals surface area contributed by atoms with Crippen LogP contribution in [0, 0.1) is 5.92 Å². The molecular formula is C14H15BrN2O3. The Morgan fingerprint density at radius 1 is 1.45 bits per heavy atom. The van der Waals surface area contributed by atoms with E-state index in [-0.39, 0.29) is 18.1 Å². The maximum absolute atomic E-state index is 12.3. The lowest BCUT2D eigenvalue weighted by Crippen LogP contribution is -2.33. The molecule has 0 spiro atoms. The molecular weight excluding hydrogens is 324 g/mol. The Morgan fingerprint density at radius 3 is 2.80 bits per heavy atom. The number of carbonyl (C=O) groups excluding carboxylic acids is 1. The number of benzene rings is 1. The van der Waals surface area contributed by atoms with Crippen LogP contribution in [0.5, 0.6) is 0 Å². The van der Waals surface area contributed by atoms with Gasteiger partial charge in [0.1, 0.15) is 0 Å². The van der Waals surface area contributed by atoms with Crippen LogP contribution in [0.25, 0.3) is 0 Å². The molecule has 1 heterocycles. The number of carbonyl (C=O) groups is 2. The second kappa shape index (κ2) is 4.77. The molecule has 2 aliphatic rings. The molecule has 0 bridgehead atoms. The zero-order valence-corrected chi connectivity index (χ0v) is 12.6. The molecule has 1 aromatic rings. The van der Waals surface area contributed by atoms with Crippen molar-refractivity contribution in [2.24, 2.45) is 5.92 Å². The molecule has 2 amide bonds. The van der Waals surface area contributed by atoms with Gasteiger partial charge in [0.15, 0.2) is 0 Å². The highest BCUT2D eigenvalue weighted by Crippen LogP contribution is 2.41. The van der Waals surface area contributed by atoms with Crippen molar-refractivity contribution in [1.82, 2.24) is 9.80 Å². The zero-order chi connectivity index (χ0) is 14.4. The van der Waals surface area contributed by atoms with Gasteiger partial charge in [0.25, 0.3) is 0 Å². The van der Waals surface area contributed by atoms with E-state index < -0.39 is 11.9 Å². The third-order valence-electron chi connectivity index (χ3n) is 4.09. The number of carboxylic acid groups (broad SMARTS) is 1. The third-order valence-corrected chi connectivity index (χ3v) is 4.59. The molecule has 2 fully saturated rings. The van der Waals surface area contributed by atoms with Crippen molar-refractivity contribution in [3.63, 3.8) is 0 Å². The van der Waals surface area contributed by atoms with Crippen molar-refractivity contribution in [2.45, 2.75) is 18.5 Å². The molecule has 6 heteroatoms. The van der Waals surface area contributed by atoms with Crippen molar-refractivity contribution in [1.29, 1.82) is 0 Å². The van der Waals surface area contributed by atoms with Crippen LogP contribution in [0.2, 0.25) is 0 Å². The number of hydrogen-bond acceptors (Lipinski definition) is 2. The molecule has 5 nitrogen and oxygen atoms in total. The molecule has 3 unspecified atom stereocenters. The summed E-state index contributed by atoms with van der Waals surface area (Å²) in [5, 5.41) is 9.00. The van der Waals surface area contributed by atoms with Gasteiger partial charge in [-0.15, -0.1) is 0 Å². The first kappa shape index (κ1) is 13.4. The number of amides is 2. The van der Waals surface area contributed by atoms with Gasteiger partial charge in [-0.2, -0.15) is 0 Å². The first-order chi connectivity index (χ1) is 9.49. The van der Waals surface area contributed by atoms with Crippen LogP contribution in [0.4, 0.5) is 4.79 Å². The first-order valence-corrected chi connectivity index (χ1v) is 7.30. The van der Waals surface area contributed by atoms with E-state index in [1.165, 1.54) is 0 Å². The number of likely N-dealkylation sites (N-methyl/N-ethyl adjacent to an activating group) is 1. The second-order valence-electron chi connectivity index (χ2n) is 5.36. The van der Waals surface area contributed by atoms with Crippen LogP contribution in [0.3, 0.4) is 0 Å². The maximum Gasteiger partial charge on any atom is 0.320 e. The largest absolute Gasteiger partial charge is 0.481 e. The summed E-state index contributed by atoms with van der Waals surface area (Å²) >= 11 is 3.43. The number of rotatable bonds is 3. The van der Waals surface area contributed by atoms with E-state index in [1.54, 1.807) is 16.8 Å². The molecule has 0 aromatic heterocycles. The molecule has 1 saturated heterocycles. The van der Waals surface area contributed by atoms with Gasteiger partial charge in [-0.05, 0) is 24.1 Å². The summed E-state index contributed by atoms with van der Waals surface area (Å²) in [6.07, 6.45) is 0.570. The highest BCUT2D eigenvalue weighted by molar-refractivity contribution is 9.10. The quantitative estimate of drug-likeness (QED) is 0.920. The summed E-state index contributed by atoms with van der Waals surface area (Å²) in [6.45, 7) is 0.556. The van der Waals surface area contributed by atoms with Crippen LogP contribution >= 0.6 is 15.9 Å². The lowest BCUT2D eigenvalue weighted by atomic mass is 10.1. The number of halogens is 1. The third kappa shape index (κ3) is 2.18. The van der Waals surface area contributed by atoms with Crippen LogP contribution in [-0.2, 0) is 4.79 Å². The monoisotopic (exact) mass is 338 g/mol. The van der Waals surface area contributed by atoms with Gasteiger partial charge in [-0.1, -0.05) is 28.1 Å². The lowest BCUT2D eigenvalue weighted by molar-refractivity contribution is -0.138.